The Balaban J connectivity index is 2.31. The van der Waals surface area contributed by atoms with Crippen LogP contribution in [0.3, 0.4) is 0 Å². The molecule has 1 saturated heterocycles. The fraction of sp³-hybridized carbons (Fsp3) is 0.675. The number of methoxy groups -OCH3 is 2. The molecule has 298 valence electrons. The van der Waals surface area contributed by atoms with E-state index in [9.17, 15) is 29.1 Å². The smallest absolute Gasteiger partial charge is 0.326 e. The number of likely N-dealkylation sites (N-methyl/N-ethyl adjacent to an activating group) is 2. The van der Waals surface area contributed by atoms with Gasteiger partial charge in [0.1, 0.15) is 12.1 Å². The monoisotopic (exact) mass is 743 g/mol. The van der Waals surface area contributed by atoms with Crippen LogP contribution < -0.4 is 16.0 Å². The van der Waals surface area contributed by atoms with Gasteiger partial charge >= 0.3 is 5.97 Å². The standard InChI is InChI=1S/C40H65N5O8/c1-13-26(7)35(44(10)39(49)34(24(4)5)43-38(48)33(41-9)23(2)3)31(52-11)21-32(46)45-22-25(6)19-30(45)36(53-12)27(8)37(47)42-29(40(50)51)20-28-17-15-14-16-18-28/h14-18,23-24,26-27,29-31,33-36,41H,6,13,19-22H2,1-5,7-12H3,(H,42,47)(H,43,48)(H,50,51)/t26-,27+,29?,30-,31?,33-,34-,35?,36?/m0/s1. The van der Waals surface area contributed by atoms with Crippen molar-refractivity contribution in [2.45, 2.75) is 117 Å². The number of carbonyl (C=O) groups is 5. The number of carboxylic acids is 1. The maximum absolute atomic E-state index is 14.2. The number of hydrogen-bond acceptors (Lipinski definition) is 8. The highest BCUT2D eigenvalue weighted by atomic mass is 16.5. The molecule has 4 amide bonds. The first-order valence-corrected chi connectivity index (χ1v) is 18.8. The number of hydrogen-bond donors (Lipinski definition) is 4. The van der Waals surface area contributed by atoms with Crippen LogP contribution in [0.15, 0.2) is 42.5 Å². The molecule has 0 bridgehead atoms. The normalized spacial score (nSPS) is 19.2. The van der Waals surface area contributed by atoms with E-state index in [1.165, 1.54) is 14.2 Å². The molecule has 1 heterocycles. The Morgan fingerprint density at radius 2 is 1.55 bits per heavy atom. The summed E-state index contributed by atoms with van der Waals surface area (Å²) in [5.74, 6) is -3.50. The van der Waals surface area contributed by atoms with Crippen molar-refractivity contribution in [1.82, 2.24) is 25.8 Å². The van der Waals surface area contributed by atoms with Gasteiger partial charge < -0.3 is 40.3 Å². The highest BCUT2D eigenvalue weighted by molar-refractivity contribution is 5.90. The Bertz CT molecular complexity index is 1390. The van der Waals surface area contributed by atoms with Crippen LogP contribution in [0.25, 0.3) is 0 Å². The molecule has 0 aromatic heterocycles. The summed E-state index contributed by atoms with van der Waals surface area (Å²) < 4.78 is 11.8. The molecule has 13 heteroatoms. The summed E-state index contributed by atoms with van der Waals surface area (Å²) in [5, 5.41) is 18.6. The lowest BCUT2D eigenvalue weighted by Gasteiger charge is -2.41. The van der Waals surface area contributed by atoms with E-state index in [0.717, 1.165) is 11.1 Å². The first-order chi connectivity index (χ1) is 24.9. The van der Waals surface area contributed by atoms with E-state index in [2.05, 4.69) is 22.5 Å². The first kappa shape index (κ1) is 45.3. The van der Waals surface area contributed by atoms with Crippen molar-refractivity contribution in [3.63, 3.8) is 0 Å². The molecular weight excluding hydrogens is 678 g/mol. The van der Waals surface area contributed by atoms with E-state index in [0.29, 0.717) is 12.8 Å². The lowest BCUT2D eigenvalue weighted by molar-refractivity contribution is -0.148. The molecule has 1 aromatic carbocycles. The van der Waals surface area contributed by atoms with Gasteiger partial charge in [-0.15, -0.1) is 0 Å². The van der Waals surface area contributed by atoms with E-state index >= 15 is 0 Å². The van der Waals surface area contributed by atoms with E-state index in [1.54, 1.807) is 43.0 Å². The molecule has 4 unspecified atom stereocenters. The van der Waals surface area contributed by atoms with E-state index in [4.69, 9.17) is 9.47 Å². The Morgan fingerprint density at radius 3 is 2.04 bits per heavy atom. The molecule has 0 aliphatic carbocycles. The number of rotatable bonds is 21. The highest BCUT2D eigenvalue weighted by Crippen LogP contribution is 2.31. The van der Waals surface area contributed by atoms with Crippen molar-refractivity contribution < 1.29 is 38.6 Å². The molecule has 1 fully saturated rings. The van der Waals surface area contributed by atoms with Crippen LogP contribution in [0.5, 0.6) is 0 Å². The predicted molar refractivity (Wildman–Crippen MR) is 205 cm³/mol. The Kier molecular flexibility index (Phi) is 18.1. The fourth-order valence-electron chi connectivity index (χ4n) is 7.35. The summed E-state index contributed by atoms with van der Waals surface area (Å²) >= 11 is 0. The Hall–Kier alpha value is -3.81. The number of carbonyl (C=O) groups excluding carboxylic acids is 4. The van der Waals surface area contributed by atoms with Gasteiger partial charge in [0, 0.05) is 34.2 Å². The van der Waals surface area contributed by atoms with Gasteiger partial charge in [-0.1, -0.05) is 97.4 Å². The van der Waals surface area contributed by atoms with Crippen LogP contribution in [0.4, 0.5) is 0 Å². The number of amides is 4. The third-order valence-electron chi connectivity index (χ3n) is 10.6. The third kappa shape index (κ3) is 12.1. The van der Waals surface area contributed by atoms with Gasteiger partial charge in [0.2, 0.25) is 23.6 Å². The van der Waals surface area contributed by atoms with Crippen LogP contribution in [0.1, 0.15) is 73.3 Å². The van der Waals surface area contributed by atoms with Gasteiger partial charge in [-0.3, -0.25) is 19.2 Å². The molecule has 0 radical (unpaired) electrons. The summed E-state index contributed by atoms with van der Waals surface area (Å²) in [4.78, 5) is 70.4. The highest BCUT2D eigenvalue weighted by Gasteiger charge is 2.44. The van der Waals surface area contributed by atoms with Crippen molar-refractivity contribution in [3.8, 4) is 0 Å². The van der Waals surface area contributed by atoms with Crippen molar-refractivity contribution in [1.29, 1.82) is 0 Å². The minimum atomic E-state index is -1.15. The molecule has 9 atom stereocenters. The number of nitrogens with one attached hydrogen (secondary N) is 3. The largest absolute Gasteiger partial charge is 0.480 e. The maximum atomic E-state index is 14.2. The van der Waals surface area contributed by atoms with Gasteiger partial charge in [-0.25, -0.2) is 4.79 Å². The van der Waals surface area contributed by atoms with Gasteiger partial charge in [0.15, 0.2) is 0 Å². The minimum Gasteiger partial charge on any atom is -0.480 e. The number of carboxylic acid groups (broad SMARTS) is 1. The number of aliphatic carboxylic acids is 1. The Morgan fingerprint density at radius 1 is 0.943 bits per heavy atom. The summed E-state index contributed by atoms with van der Waals surface area (Å²) in [6.07, 6.45) is -0.297. The molecular formula is C40H65N5O8. The van der Waals surface area contributed by atoms with Crippen molar-refractivity contribution in [2.75, 3.05) is 34.9 Å². The average molecular weight is 744 g/mol. The van der Waals surface area contributed by atoms with Crippen LogP contribution in [0, 0.1) is 23.7 Å². The molecule has 2 rings (SSSR count). The molecule has 1 aliphatic rings. The zero-order valence-corrected chi connectivity index (χ0v) is 33.7. The summed E-state index contributed by atoms with van der Waals surface area (Å²) in [6, 6.07) is 5.60. The Labute approximate surface area is 316 Å². The van der Waals surface area contributed by atoms with Crippen molar-refractivity contribution >= 4 is 29.6 Å². The zero-order chi connectivity index (χ0) is 40.2. The van der Waals surface area contributed by atoms with E-state index in [-0.39, 0.29) is 54.9 Å². The lowest BCUT2D eigenvalue weighted by atomic mass is 9.89. The molecule has 0 spiro atoms. The van der Waals surface area contributed by atoms with Gasteiger partial charge in [-0.2, -0.15) is 0 Å². The number of ether oxygens (including phenoxy) is 2. The first-order valence-electron chi connectivity index (χ1n) is 18.8. The van der Waals surface area contributed by atoms with Crippen molar-refractivity contribution in [2.24, 2.45) is 23.7 Å². The van der Waals surface area contributed by atoms with Crippen LogP contribution in [0.2, 0.25) is 0 Å². The van der Waals surface area contributed by atoms with Gasteiger partial charge in [-0.05, 0) is 36.8 Å². The SMILES string of the molecule is C=C1C[C@@H](C(OC)[C@@H](C)C(=O)NC(Cc2ccccc2)C(=O)O)N(C(=O)CC(OC)C([C@@H](C)CC)N(C)C(=O)[C@@H](NC(=O)[C@@H](NC)C(C)C)C(C)C)C1. The van der Waals surface area contributed by atoms with Crippen LogP contribution >= 0.6 is 0 Å². The minimum absolute atomic E-state index is 0.0132. The molecule has 1 aromatic rings. The topological polar surface area (TPSA) is 167 Å². The molecule has 1 aliphatic heterocycles. The lowest BCUT2D eigenvalue weighted by Crippen LogP contribution is -2.59. The predicted octanol–water partition coefficient (Wildman–Crippen LogP) is 3.27. The number of likely N-dealkylation sites (tertiary alicyclic amines) is 1. The maximum Gasteiger partial charge on any atom is 0.326 e. The number of nitrogens with zero attached hydrogens (tertiary/aromatic N) is 2. The fourth-order valence-corrected chi connectivity index (χ4v) is 7.35. The second-order valence-corrected chi connectivity index (χ2v) is 15.2. The molecule has 53 heavy (non-hydrogen) atoms. The van der Waals surface area contributed by atoms with E-state index < -0.39 is 60.2 Å². The van der Waals surface area contributed by atoms with Gasteiger partial charge in [0.25, 0.3) is 0 Å². The second kappa shape index (κ2) is 21.2. The second-order valence-electron chi connectivity index (χ2n) is 15.2. The average Bonchev–Trinajstić information content (AvgIpc) is 3.50. The van der Waals surface area contributed by atoms with Crippen LogP contribution in [-0.2, 0) is 39.9 Å². The quantitative estimate of drug-likeness (QED) is 0.138. The van der Waals surface area contributed by atoms with E-state index in [1.807, 2.05) is 59.7 Å². The zero-order valence-electron chi connectivity index (χ0n) is 33.7. The van der Waals surface area contributed by atoms with Crippen molar-refractivity contribution in [3.05, 3.63) is 48.0 Å². The third-order valence-corrected chi connectivity index (χ3v) is 10.6. The summed E-state index contributed by atoms with van der Waals surface area (Å²) in [6.45, 7) is 17.7. The number of benzene rings is 1. The molecule has 0 saturated carbocycles. The van der Waals surface area contributed by atoms with Gasteiger partial charge in [0.05, 0.1) is 42.7 Å². The molecule has 13 nitrogen and oxygen atoms in total. The van der Waals surface area contributed by atoms with Crippen LogP contribution in [-0.4, -0.2) is 122 Å². The summed E-state index contributed by atoms with van der Waals surface area (Å²) in [7, 11) is 6.40. The molecule has 4 N–H and O–H groups in total. The summed E-state index contributed by atoms with van der Waals surface area (Å²) in [5.41, 5.74) is 1.57.